The Morgan fingerprint density at radius 1 is 1.25 bits per heavy atom. The Kier molecular flexibility index (Phi) is 4.70. The summed E-state index contributed by atoms with van der Waals surface area (Å²) in [6.45, 7) is 6.39. The van der Waals surface area contributed by atoms with Crippen LogP contribution in [0.25, 0.3) is 0 Å². The highest BCUT2D eigenvalue weighted by atomic mass is 32.2. The van der Waals surface area contributed by atoms with Crippen molar-refractivity contribution in [3.8, 4) is 0 Å². The number of benzene rings is 1. The molecule has 20 heavy (non-hydrogen) atoms. The van der Waals surface area contributed by atoms with E-state index in [1.54, 1.807) is 12.1 Å². The van der Waals surface area contributed by atoms with Crippen LogP contribution >= 0.6 is 0 Å². The van der Waals surface area contributed by atoms with Gasteiger partial charge < -0.3 is 5.32 Å². The first-order chi connectivity index (χ1) is 9.44. The molecular formula is C15H24N2O2S. The van der Waals surface area contributed by atoms with Gasteiger partial charge in [-0.05, 0) is 37.3 Å². The molecule has 2 rings (SSSR count). The topological polar surface area (TPSA) is 58.2 Å². The largest absolute Gasteiger partial charge is 0.381 e. The Morgan fingerprint density at radius 2 is 1.90 bits per heavy atom. The number of hydrogen-bond acceptors (Lipinski definition) is 3. The standard InChI is InChI=1S/C15H24N2O2S/c1-4-13(11(2)3)16-14-7-5-6-8-15(14)20(18,19)17-12-9-10-12/h5-8,11-13,16-17H,4,9-10H2,1-3H3. The zero-order valence-corrected chi connectivity index (χ0v) is 13.2. The molecule has 4 nitrogen and oxygen atoms in total. The highest BCUT2D eigenvalue weighted by molar-refractivity contribution is 7.89. The minimum Gasteiger partial charge on any atom is -0.381 e. The average molecular weight is 296 g/mol. The normalized spacial score (nSPS) is 17.2. The van der Waals surface area contributed by atoms with E-state index in [1.165, 1.54) is 0 Å². The van der Waals surface area contributed by atoms with Crippen LogP contribution in [0.5, 0.6) is 0 Å². The van der Waals surface area contributed by atoms with Crippen LogP contribution < -0.4 is 10.0 Å². The third kappa shape index (κ3) is 3.73. The zero-order valence-electron chi connectivity index (χ0n) is 12.4. The minimum atomic E-state index is -3.42. The lowest BCUT2D eigenvalue weighted by atomic mass is 10.0. The smallest absolute Gasteiger partial charge is 0.242 e. The first-order valence-electron chi connectivity index (χ1n) is 7.32. The van der Waals surface area contributed by atoms with Crippen LogP contribution in [0.15, 0.2) is 29.2 Å². The van der Waals surface area contributed by atoms with Crippen LogP contribution in [0.3, 0.4) is 0 Å². The van der Waals surface area contributed by atoms with E-state index in [-0.39, 0.29) is 12.1 Å². The van der Waals surface area contributed by atoms with E-state index < -0.39 is 10.0 Å². The molecule has 0 spiro atoms. The van der Waals surface area contributed by atoms with Crippen molar-refractivity contribution in [3.63, 3.8) is 0 Å². The lowest BCUT2D eigenvalue weighted by molar-refractivity contribution is 0.510. The fraction of sp³-hybridized carbons (Fsp3) is 0.600. The van der Waals surface area contributed by atoms with E-state index in [0.717, 1.165) is 19.3 Å². The molecule has 2 N–H and O–H groups in total. The number of sulfonamides is 1. The summed E-state index contributed by atoms with van der Waals surface area (Å²) in [7, 11) is -3.42. The summed E-state index contributed by atoms with van der Waals surface area (Å²) < 4.78 is 27.5. The number of hydrogen-bond donors (Lipinski definition) is 2. The molecular weight excluding hydrogens is 272 g/mol. The lowest BCUT2D eigenvalue weighted by Gasteiger charge is -2.23. The van der Waals surface area contributed by atoms with Gasteiger partial charge in [0.1, 0.15) is 4.90 Å². The molecule has 1 atom stereocenters. The van der Waals surface area contributed by atoms with Crippen molar-refractivity contribution in [1.82, 2.24) is 4.72 Å². The summed E-state index contributed by atoms with van der Waals surface area (Å²) >= 11 is 0. The van der Waals surface area contributed by atoms with Gasteiger partial charge in [-0.1, -0.05) is 32.9 Å². The minimum absolute atomic E-state index is 0.125. The van der Waals surface area contributed by atoms with Crippen molar-refractivity contribution in [2.45, 2.75) is 57.0 Å². The second-order valence-electron chi connectivity index (χ2n) is 5.79. The molecule has 1 aromatic carbocycles. The summed E-state index contributed by atoms with van der Waals surface area (Å²) in [5, 5.41) is 3.38. The van der Waals surface area contributed by atoms with Crippen LogP contribution in [0.2, 0.25) is 0 Å². The van der Waals surface area contributed by atoms with Crippen LogP contribution in [-0.4, -0.2) is 20.5 Å². The van der Waals surface area contributed by atoms with E-state index in [9.17, 15) is 8.42 Å². The summed E-state index contributed by atoms with van der Waals surface area (Å²) in [5.74, 6) is 0.451. The van der Waals surface area contributed by atoms with Crippen molar-refractivity contribution < 1.29 is 8.42 Å². The first-order valence-corrected chi connectivity index (χ1v) is 8.80. The summed E-state index contributed by atoms with van der Waals surface area (Å²) in [6.07, 6.45) is 2.85. The number of nitrogens with one attached hydrogen (secondary N) is 2. The van der Waals surface area contributed by atoms with Gasteiger partial charge >= 0.3 is 0 Å². The van der Waals surface area contributed by atoms with Gasteiger partial charge in [-0.2, -0.15) is 0 Å². The molecule has 1 fully saturated rings. The average Bonchev–Trinajstić information content (AvgIpc) is 3.19. The van der Waals surface area contributed by atoms with Crippen molar-refractivity contribution in [3.05, 3.63) is 24.3 Å². The maximum absolute atomic E-state index is 12.4. The molecule has 1 aliphatic rings. The molecule has 112 valence electrons. The maximum Gasteiger partial charge on any atom is 0.242 e. The third-order valence-corrected chi connectivity index (χ3v) is 5.24. The third-order valence-electron chi connectivity index (χ3n) is 3.66. The second kappa shape index (κ2) is 6.14. The van der Waals surface area contributed by atoms with E-state index in [1.807, 2.05) is 12.1 Å². The van der Waals surface area contributed by atoms with E-state index in [0.29, 0.717) is 16.5 Å². The number of para-hydroxylation sites is 1. The van der Waals surface area contributed by atoms with Crippen molar-refractivity contribution in [2.24, 2.45) is 5.92 Å². The molecule has 0 heterocycles. The van der Waals surface area contributed by atoms with Gasteiger partial charge in [-0.25, -0.2) is 13.1 Å². The van der Waals surface area contributed by atoms with E-state index in [2.05, 4.69) is 30.8 Å². The molecule has 1 aromatic rings. The molecule has 1 unspecified atom stereocenters. The number of rotatable bonds is 7. The summed E-state index contributed by atoms with van der Waals surface area (Å²) in [6, 6.07) is 7.54. The molecule has 1 aliphatic carbocycles. The van der Waals surface area contributed by atoms with Gasteiger partial charge in [0.25, 0.3) is 0 Å². The van der Waals surface area contributed by atoms with Gasteiger partial charge in [0.05, 0.1) is 5.69 Å². The van der Waals surface area contributed by atoms with Gasteiger partial charge in [-0.15, -0.1) is 0 Å². The Bertz CT molecular complexity index is 551. The molecule has 1 saturated carbocycles. The summed E-state index contributed by atoms with van der Waals surface area (Å²) in [5.41, 5.74) is 0.696. The first kappa shape index (κ1) is 15.3. The highest BCUT2D eigenvalue weighted by Gasteiger charge is 2.29. The quantitative estimate of drug-likeness (QED) is 0.813. The van der Waals surface area contributed by atoms with E-state index >= 15 is 0 Å². The predicted molar refractivity (Wildman–Crippen MR) is 82.3 cm³/mol. The summed E-state index contributed by atoms with van der Waals surface area (Å²) in [4.78, 5) is 0.353. The fourth-order valence-corrected chi connectivity index (χ4v) is 3.72. The van der Waals surface area contributed by atoms with Gasteiger partial charge in [-0.3, -0.25) is 0 Å². The SMILES string of the molecule is CCC(Nc1ccccc1S(=O)(=O)NC1CC1)C(C)C. The molecule has 0 aliphatic heterocycles. The molecule has 0 amide bonds. The van der Waals surface area contributed by atoms with Gasteiger partial charge in [0.15, 0.2) is 0 Å². The van der Waals surface area contributed by atoms with Crippen molar-refractivity contribution in [1.29, 1.82) is 0 Å². The second-order valence-corrected chi connectivity index (χ2v) is 7.48. The Morgan fingerprint density at radius 3 is 2.45 bits per heavy atom. The fourth-order valence-electron chi connectivity index (χ4n) is 2.24. The van der Waals surface area contributed by atoms with Crippen LogP contribution in [0.1, 0.15) is 40.0 Å². The Hall–Kier alpha value is -1.07. The van der Waals surface area contributed by atoms with Crippen LogP contribution in [0, 0.1) is 5.92 Å². The molecule has 0 saturated heterocycles. The van der Waals surface area contributed by atoms with Crippen LogP contribution in [0.4, 0.5) is 5.69 Å². The Balaban J connectivity index is 2.25. The maximum atomic E-state index is 12.4. The lowest BCUT2D eigenvalue weighted by Crippen LogP contribution is -2.29. The Labute approximate surface area is 122 Å². The molecule has 0 radical (unpaired) electrons. The van der Waals surface area contributed by atoms with Crippen molar-refractivity contribution in [2.75, 3.05) is 5.32 Å². The monoisotopic (exact) mass is 296 g/mol. The van der Waals surface area contributed by atoms with E-state index in [4.69, 9.17) is 0 Å². The van der Waals surface area contributed by atoms with Crippen molar-refractivity contribution >= 4 is 15.7 Å². The molecule has 0 aromatic heterocycles. The molecule has 0 bridgehead atoms. The highest BCUT2D eigenvalue weighted by Crippen LogP contribution is 2.27. The van der Waals surface area contributed by atoms with Gasteiger partial charge in [0, 0.05) is 12.1 Å². The zero-order chi connectivity index (χ0) is 14.8. The van der Waals surface area contributed by atoms with Gasteiger partial charge in [0.2, 0.25) is 10.0 Å². The predicted octanol–water partition coefficient (Wildman–Crippen LogP) is 2.97. The van der Waals surface area contributed by atoms with Crippen LogP contribution in [-0.2, 0) is 10.0 Å². The number of anilines is 1. The molecule has 5 heteroatoms.